The number of hydrogen-bond acceptors (Lipinski definition) is 2. The highest BCUT2D eigenvalue weighted by atomic mass is 32.1. The average Bonchev–Trinajstić information content (AvgIpc) is 2.24. The Balaban J connectivity index is 2.62. The third kappa shape index (κ3) is 4.28. The third-order valence-electron chi connectivity index (χ3n) is 2.25. The molecule has 0 aliphatic heterocycles. The number of aryl methyl sites for hydroxylation is 1. The van der Waals surface area contributed by atoms with Gasteiger partial charge < -0.3 is 15.4 Å². The smallest absolute Gasteiger partial charge is 0.171 e. The van der Waals surface area contributed by atoms with Crippen molar-refractivity contribution < 1.29 is 9.13 Å². The van der Waals surface area contributed by atoms with Gasteiger partial charge in [-0.05, 0) is 37.7 Å². The topological polar surface area (TPSA) is 33.3 Å². The van der Waals surface area contributed by atoms with Crippen molar-refractivity contribution in [1.82, 2.24) is 5.32 Å². The summed E-state index contributed by atoms with van der Waals surface area (Å²) >= 11 is 5.10. The van der Waals surface area contributed by atoms with E-state index in [1.165, 1.54) is 6.07 Å². The van der Waals surface area contributed by atoms with Crippen LogP contribution in [-0.2, 0) is 4.74 Å². The van der Waals surface area contributed by atoms with E-state index in [4.69, 9.17) is 17.0 Å². The first kappa shape index (κ1) is 13.9. The van der Waals surface area contributed by atoms with E-state index in [0.29, 0.717) is 17.4 Å². The summed E-state index contributed by atoms with van der Waals surface area (Å²) in [6.07, 6.45) is 0. The summed E-state index contributed by atoms with van der Waals surface area (Å²) in [7, 11) is 1.62. The van der Waals surface area contributed by atoms with E-state index in [1.807, 2.05) is 19.9 Å². The number of anilines is 1. The zero-order valence-corrected chi connectivity index (χ0v) is 11.0. The lowest BCUT2D eigenvalue weighted by molar-refractivity contribution is 0.179. The lowest BCUT2D eigenvalue weighted by atomic mass is 10.2. The maximum atomic E-state index is 13.5. The van der Waals surface area contributed by atoms with Gasteiger partial charge >= 0.3 is 0 Å². The van der Waals surface area contributed by atoms with E-state index < -0.39 is 0 Å². The molecule has 0 saturated heterocycles. The predicted molar refractivity (Wildman–Crippen MR) is 71.8 cm³/mol. The lowest BCUT2D eigenvalue weighted by Gasteiger charge is -2.17. The van der Waals surface area contributed by atoms with Crippen LogP contribution >= 0.6 is 12.2 Å². The Morgan fingerprint density at radius 2 is 2.24 bits per heavy atom. The highest BCUT2D eigenvalue weighted by molar-refractivity contribution is 7.80. The van der Waals surface area contributed by atoms with Crippen LogP contribution in [-0.4, -0.2) is 24.9 Å². The summed E-state index contributed by atoms with van der Waals surface area (Å²) in [6, 6.07) is 4.97. The fourth-order valence-electron chi connectivity index (χ4n) is 1.46. The molecule has 0 bridgehead atoms. The molecule has 94 valence electrons. The van der Waals surface area contributed by atoms with Gasteiger partial charge in [-0.3, -0.25) is 0 Å². The van der Waals surface area contributed by atoms with E-state index in [1.54, 1.807) is 13.2 Å². The quantitative estimate of drug-likeness (QED) is 0.811. The molecule has 0 fully saturated rings. The number of halogens is 1. The molecule has 1 aromatic carbocycles. The van der Waals surface area contributed by atoms with Crippen molar-refractivity contribution in [3.63, 3.8) is 0 Å². The minimum Gasteiger partial charge on any atom is -0.383 e. The summed E-state index contributed by atoms with van der Waals surface area (Å²) < 4.78 is 18.5. The molecule has 0 amide bonds. The molecule has 0 aliphatic carbocycles. The van der Waals surface area contributed by atoms with E-state index in [-0.39, 0.29) is 11.9 Å². The number of para-hydroxylation sites is 1. The highest BCUT2D eigenvalue weighted by Gasteiger charge is 2.08. The maximum absolute atomic E-state index is 13.5. The minimum atomic E-state index is -0.312. The molecule has 0 radical (unpaired) electrons. The van der Waals surface area contributed by atoms with E-state index >= 15 is 0 Å². The zero-order valence-electron chi connectivity index (χ0n) is 10.2. The number of thiocarbonyl (C=S) groups is 1. The molecule has 0 saturated carbocycles. The maximum Gasteiger partial charge on any atom is 0.171 e. The van der Waals surface area contributed by atoms with Crippen molar-refractivity contribution in [1.29, 1.82) is 0 Å². The van der Waals surface area contributed by atoms with Crippen LogP contribution in [0.1, 0.15) is 12.5 Å². The van der Waals surface area contributed by atoms with Gasteiger partial charge in [0.05, 0.1) is 12.3 Å². The van der Waals surface area contributed by atoms with Crippen molar-refractivity contribution >= 4 is 23.0 Å². The summed E-state index contributed by atoms with van der Waals surface area (Å²) in [6.45, 7) is 4.30. The molecule has 3 nitrogen and oxygen atoms in total. The molecular formula is C12H17FN2OS. The summed E-state index contributed by atoms with van der Waals surface area (Å²) in [5.41, 5.74) is 1.23. The SMILES string of the molecule is COCC(C)NC(=S)Nc1c(C)cccc1F. The van der Waals surface area contributed by atoms with Gasteiger partial charge in [0.1, 0.15) is 5.82 Å². The second-order valence-electron chi connectivity index (χ2n) is 3.89. The number of rotatable bonds is 4. The molecule has 0 aliphatic rings. The van der Waals surface area contributed by atoms with Gasteiger partial charge in [-0.15, -0.1) is 0 Å². The molecule has 0 aromatic heterocycles. The van der Waals surface area contributed by atoms with Crippen LogP contribution in [0.15, 0.2) is 18.2 Å². The number of methoxy groups -OCH3 is 1. The van der Waals surface area contributed by atoms with Crippen molar-refractivity contribution in [2.75, 3.05) is 19.0 Å². The number of ether oxygens (including phenoxy) is 1. The van der Waals surface area contributed by atoms with Crippen molar-refractivity contribution in [2.24, 2.45) is 0 Å². The Hall–Kier alpha value is -1.20. The van der Waals surface area contributed by atoms with E-state index in [2.05, 4.69) is 10.6 Å². The Morgan fingerprint density at radius 1 is 1.53 bits per heavy atom. The fourth-order valence-corrected chi connectivity index (χ4v) is 1.76. The van der Waals surface area contributed by atoms with Crippen molar-refractivity contribution in [3.8, 4) is 0 Å². The fraction of sp³-hybridized carbons (Fsp3) is 0.417. The molecule has 17 heavy (non-hydrogen) atoms. The average molecular weight is 256 g/mol. The van der Waals surface area contributed by atoms with Crippen LogP contribution in [0.4, 0.5) is 10.1 Å². The zero-order chi connectivity index (χ0) is 12.8. The molecule has 2 N–H and O–H groups in total. The number of nitrogens with one attached hydrogen (secondary N) is 2. The largest absolute Gasteiger partial charge is 0.383 e. The van der Waals surface area contributed by atoms with Gasteiger partial charge in [-0.1, -0.05) is 12.1 Å². The number of hydrogen-bond donors (Lipinski definition) is 2. The Labute approximate surface area is 106 Å². The van der Waals surface area contributed by atoms with Gasteiger partial charge in [0.25, 0.3) is 0 Å². The normalized spacial score (nSPS) is 12.0. The first-order chi connectivity index (χ1) is 8.04. The lowest BCUT2D eigenvalue weighted by Crippen LogP contribution is -2.38. The molecule has 1 rings (SSSR count). The van der Waals surface area contributed by atoms with Gasteiger partial charge in [0.2, 0.25) is 0 Å². The summed E-state index contributed by atoms with van der Waals surface area (Å²) in [5.74, 6) is -0.312. The Kier molecular flexibility index (Phi) is 5.31. The Morgan fingerprint density at radius 3 is 2.82 bits per heavy atom. The molecule has 1 unspecified atom stereocenters. The molecule has 0 spiro atoms. The van der Waals surface area contributed by atoms with Crippen LogP contribution in [0, 0.1) is 12.7 Å². The molecule has 1 aromatic rings. The van der Waals surface area contributed by atoms with Crippen LogP contribution < -0.4 is 10.6 Å². The molecule has 0 heterocycles. The van der Waals surface area contributed by atoms with Crippen LogP contribution in [0.5, 0.6) is 0 Å². The van der Waals surface area contributed by atoms with Crippen LogP contribution in [0.2, 0.25) is 0 Å². The van der Waals surface area contributed by atoms with E-state index in [0.717, 1.165) is 5.56 Å². The summed E-state index contributed by atoms with van der Waals surface area (Å²) in [5, 5.41) is 6.26. The standard InChI is InChI=1S/C12H17FN2OS/c1-8-5-4-6-10(13)11(8)15-12(17)14-9(2)7-16-3/h4-6,9H,7H2,1-3H3,(H2,14,15,17). The van der Waals surface area contributed by atoms with Crippen molar-refractivity contribution in [3.05, 3.63) is 29.6 Å². The molecule has 1 atom stereocenters. The number of benzene rings is 1. The monoisotopic (exact) mass is 256 g/mol. The third-order valence-corrected chi connectivity index (χ3v) is 2.47. The molecule has 5 heteroatoms. The van der Waals surface area contributed by atoms with Gasteiger partial charge in [0.15, 0.2) is 5.11 Å². The van der Waals surface area contributed by atoms with E-state index in [9.17, 15) is 4.39 Å². The molecular weight excluding hydrogens is 239 g/mol. The first-order valence-corrected chi connectivity index (χ1v) is 5.77. The predicted octanol–water partition coefficient (Wildman–Crippen LogP) is 2.46. The van der Waals surface area contributed by atoms with Crippen LogP contribution in [0.25, 0.3) is 0 Å². The Bertz CT molecular complexity index is 378. The van der Waals surface area contributed by atoms with Gasteiger partial charge in [-0.25, -0.2) is 4.39 Å². The van der Waals surface area contributed by atoms with Crippen LogP contribution in [0.3, 0.4) is 0 Å². The van der Waals surface area contributed by atoms with Gasteiger partial charge in [0, 0.05) is 13.2 Å². The second-order valence-corrected chi connectivity index (χ2v) is 4.29. The van der Waals surface area contributed by atoms with Crippen molar-refractivity contribution in [2.45, 2.75) is 19.9 Å². The highest BCUT2D eigenvalue weighted by Crippen LogP contribution is 2.18. The second kappa shape index (κ2) is 6.51. The first-order valence-electron chi connectivity index (χ1n) is 5.36. The van der Waals surface area contributed by atoms with Gasteiger partial charge in [-0.2, -0.15) is 0 Å². The summed E-state index contributed by atoms with van der Waals surface area (Å²) in [4.78, 5) is 0. The minimum absolute atomic E-state index is 0.0760.